The second-order valence-electron chi connectivity index (χ2n) is 6.29. The molecule has 25 heavy (non-hydrogen) atoms. The average molecular weight is 338 g/mol. The van der Waals surface area contributed by atoms with Gasteiger partial charge in [0.15, 0.2) is 0 Å². The number of hydrogen-bond acceptors (Lipinski definition) is 3. The Labute approximate surface area is 147 Å². The van der Waals surface area contributed by atoms with Crippen LogP contribution < -0.4 is 16.0 Å². The van der Waals surface area contributed by atoms with Crippen LogP contribution in [0.2, 0.25) is 0 Å². The SMILES string of the molecule is Cc1ccc(NC(=O)C2CC2)cc1NC(=O)NCCc1cccnc1. The van der Waals surface area contributed by atoms with E-state index in [1.165, 1.54) is 0 Å². The van der Waals surface area contributed by atoms with Crippen LogP contribution in [0.1, 0.15) is 24.0 Å². The summed E-state index contributed by atoms with van der Waals surface area (Å²) in [7, 11) is 0. The first-order valence-corrected chi connectivity index (χ1v) is 8.47. The first-order chi connectivity index (χ1) is 12.1. The highest BCUT2D eigenvalue weighted by molar-refractivity contribution is 5.96. The normalized spacial score (nSPS) is 13.2. The van der Waals surface area contributed by atoms with Crippen molar-refractivity contribution in [3.05, 3.63) is 53.9 Å². The number of pyridine rings is 1. The van der Waals surface area contributed by atoms with Gasteiger partial charge in [0.05, 0.1) is 0 Å². The minimum Gasteiger partial charge on any atom is -0.338 e. The van der Waals surface area contributed by atoms with Gasteiger partial charge in [0.2, 0.25) is 5.91 Å². The van der Waals surface area contributed by atoms with Crippen LogP contribution in [0.15, 0.2) is 42.7 Å². The first-order valence-electron chi connectivity index (χ1n) is 8.47. The molecule has 0 aliphatic heterocycles. The van der Waals surface area contributed by atoms with Crippen molar-refractivity contribution in [1.29, 1.82) is 0 Å². The van der Waals surface area contributed by atoms with Crippen molar-refractivity contribution in [2.45, 2.75) is 26.2 Å². The van der Waals surface area contributed by atoms with Crippen LogP contribution in [-0.4, -0.2) is 23.5 Å². The lowest BCUT2D eigenvalue weighted by Gasteiger charge is -2.12. The Bertz CT molecular complexity index is 757. The molecule has 1 fully saturated rings. The fourth-order valence-electron chi connectivity index (χ4n) is 2.46. The van der Waals surface area contributed by atoms with E-state index in [1.54, 1.807) is 18.5 Å². The maximum atomic E-state index is 12.1. The molecular formula is C19H22N4O2. The Morgan fingerprint density at radius 1 is 1.20 bits per heavy atom. The van der Waals surface area contributed by atoms with Gasteiger partial charge in [0.1, 0.15) is 0 Å². The van der Waals surface area contributed by atoms with Gasteiger partial charge in [-0.15, -0.1) is 0 Å². The number of amides is 3. The quantitative estimate of drug-likeness (QED) is 0.757. The number of rotatable bonds is 6. The Hall–Kier alpha value is -2.89. The standard InChI is InChI=1S/C19H22N4O2/c1-13-4-7-16(22-18(24)15-5-6-15)11-17(13)23-19(25)21-10-8-14-3-2-9-20-12-14/h2-4,7,9,11-12,15H,5-6,8,10H2,1H3,(H,22,24)(H2,21,23,25). The van der Waals surface area contributed by atoms with Crippen molar-refractivity contribution in [3.8, 4) is 0 Å². The molecule has 6 nitrogen and oxygen atoms in total. The molecule has 1 aromatic heterocycles. The molecule has 3 amide bonds. The Balaban J connectivity index is 1.52. The van der Waals surface area contributed by atoms with Gasteiger partial charge in [-0.3, -0.25) is 9.78 Å². The lowest BCUT2D eigenvalue weighted by atomic mass is 10.1. The number of hydrogen-bond donors (Lipinski definition) is 3. The minimum absolute atomic E-state index is 0.0516. The lowest BCUT2D eigenvalue weighted by Crippen LogP contribution is -2.30. The molecule has 3 N–H and O–H groups in total. The van der Waals surface area contributed by atoms with E-state index >= 15 is 0 Å². The highest BCUT2D eigenvalue weighted by Gasteiger charge is 2.29. The zero-order chi connectivity index (χ0) is 17.6. The minimum atomic E-state index is -0.266. The van der Waals surface area contributed by atoms with Gasteiger partial charge in [-0.25, -0.2) is 4.79 Å². The predicted octanol–water partition coefficient (Wildman–Crippen LogP) is 3.10. The molecule has 1 aromatic carbocycles. The molecule has 130 valence electrons. The second kappa shape index (κ2) is 7.79. The molecule has 1 aliphatic carbocycles. The first kappa shape index (κ1) is 17.0. The number of aromatic nitrogens is 1. The third kappa shape index (κ3) is 5.04. The molecule has 6 heteroatoms. The summed E-state index contributed by atoms with van der Waals surface area (Å²) < 4.78 is 0. The van der Waals surface area contributed by atoms with Crippen molar-refractivity contribution in [2.75, 3.05) is 17.2 Å². The molecule has 0 radical (unpaired) electrons. The van der Waals surface area contributed by atoms with E-state index in [0.29, 0.717) is 17.9 Å². The van der Waals surface area contributed by atoms with Crippen LogP contribution in [0.4, 0.5) is 16.2 Å². The topological polar surface area (TPSA) is 83.1 Å². The zero-order valence-corrected chi connectivity index (χ0v) is 14.2. The van der Waals surface area contributed by atoms with Crippen LogP contribution in [0.5, 0.6) is 0 Å². The van der Waals surface area contributed by atoms with Crippen molar-refractivity contribution < 1.29 is 9.59 Å². The van der Waals surface area contributed by atoms with Gasteiger partial charge >= 0.3 is 6.03 Å². The molecule has 0 unspecified atom stereocenters. The van der Waals surface area contributed by atoms with Gasteiger partial charge in [0, 0.05) is 36.2 Å². The van der Waals surface area contributed by atoms with Crippen LogP contribution in [0, 0.1) is 12.8 Å². The smallest absolute Gasteiger partial charge is 0.319 e. The summed E-state index contributed by atoms with van der Waals surface area (Å²) in [6.45, 7) is 2.44. The average Bonchev–Trinajstić information content (AvgIpc) is 3.44. The van der Waals surface area contributed by atoms with Gasteiger partial charge in [0.25, 0.3) is 0 Å². The Morgan fingerprint density at radius 2 is 2.04 bits per heavy atom. The fraction of sp³-hybridized carbons (Fsp3) is 0.316. The molecular weight excluding hydrogens is 316 g/mol. The van der Waals surface area contributed by atoms with E-state index in [2.05, 4.69) is 20.9 Å². The van der Waals surface area contributed by atoms with Gasteiger partial charge in [-0.05, 0) is 55.5 Å². The number of aryl methyl sites for hydroxylation is 1. The number of nitrogens with zero attached hydrogens (tertiary/aromatic N) is 1. The van der Waals surface area contributed by atoms with E-state index < -0.39 is 0 Å². The molecule has 0 saturated heterocycles. The molecule has 1 aliphatic rings. The number of carbonyl (C=O) groups is 2. The predicted molar refractivity (Wildman–Crippen MR) is 97.5 cm³/mol. The third-order valence-electron chi connectivity index (χ3n) is 4.12. The van der Waals surface area contributed by atoms with Crippen molar-refractivity contribution in [1.82, 2.24) is 10.3 Å². The zero-order valence-electron chi connectivity index (χ0n) is 14.2. The lowest BCUT2D eigenvalue weighted by molar-refractivity contribution is -0.117. The van der Waals surface area contributed by atoms with Crippen LogP contribution >= 0.6 is 0 Å². The third-order valence-corrected chi connectivity index (χ3v) is 4.12. The molecule has 3 rings (SSSR count). The second-order valence-corrected chi connectivity index (χ2v) is 6.29. The van der Waals surface area contributed by atoms with Crippen molar-refractivity contribution in [3.63, 3.8) is 0 Å². The molecule has 2 aromatic rings. The molecule has 0 atom stereocenters. The van der Waals surface area contributed by atoms with Crippen LogP contribution in [-0.2, 0) is 11.2 Å². The maximum absolute atomic E-state index is 12.1. The number of urea groups is 1. The highest BCUT2D eigenvalue weighted by Crippen LogP contribution is 2.30. The van der Waals surface area contributed by atoms with E-state index in [-0.39, 0.29) is 17.9 Å². The van der Waals surface area contributed by atoms with E-state index in [4.69, 9.17) is 0 Å². The molecule has 0 bridgehead atoms. The Kier molecular flexibility index (Phi) is 5.28. The Morgan fingerprint density at radius 3 is 2.76 bits per heavy atom. The summed E-state index contributed by atoms with van der Waals surface area (Å²) in [5, 5.41) is 8.56. The summed E-state index contributed by atoms with van der Waals surface area (Å²) in [6, 6.07) is 9.10. The van der Waals surface area contributed by atoms with Gasteiger partial charge in [-0.1, -0.05) is 12.1 Å². The van der Waals surface area contributed by atoms with E-state index in [9.17, 15) is 9.59 Å². The maximum Gasteiger partial charge on any atom is 0.319 e. The number of nitrogens with one attached hydrogen (secondary N) is 3. The summed E-state index contributed by atoms with van der Waals surface area (Å²) in [5.41, 5.74) is 3.40. The summed E-state index contributed by atoms with van der Waals surface area (Å²) in [6.07, 6.45) is 6.15. The molecule has 1 saturated carbocycles. The van der Waals surface area contributed by atoms with Crippen molar-refractivity contribution in [2.24, 2.45) is 5.92 Å². The number of carbonyl (C=O) groups excluding carboxylic acids is 2. The summed E-state index contributed by atoms with van der Waals surface area (Å²) >= 11 is 0. The van der Waals surface area contributed by atoms with Crippen LogP contribution in [0.3, 0.4) is 0 Å². The van der Waals surface area contributed by atoms with Gasteiger partial charge in [-0.2, -0.15) is 0 Å². The van der Waals surface area contributed by atoms with Crippen molar-refractivity contribution >= 4 is 23.3 Å². The van der Waals surface area contributed by atoms with Gasteiger partial charge < -0.3 is 16.0 Å². The monoisotopic (exact) mass is 338 g/mol. The van der Waals surface area contributed by atoms with Crippen LogP contribution in [0.25, 0.3) is 0 Å². The fourth-order valence-corrected chi connectivity index (χ4v) is 2.46. The summed E-state index contributed by atoms with van der Waals surface area (Å²) in [4.78, 5) is 28.0. The number of anilines is 2. The molecule has 1 heterocycles. The van der Waals surface area contributed by atoms with E-state index in [1.807, 2.05) is 31.2 Å². The van der Waals surface area contributed by atoms with E-state index in [0.717, 1.165) is 30.4 Å². The summed E-state index contributed by atoms with van der Waals surface area (Å²) in [5.74, 6) is 0.198. The molecule has 0 spiro atoms. The highest BCUT2D eigenvalue weighted by atomic mass is 16.2. The number of benzene rings is 1. The largest absolute Gasteiger partial charge is 0.338 e.